The minimum Gasteiger partial charge on any atom is -0.478 e. The second-order valence-electron chi connectivity index (χ2n) is 3.74. The Balaban J connectivity index is 2.14. The summed E-state index contributed by atoms with van der Waals surface area (Å²) in [6.45, 7) is 3.20. The van der Waals surface area contributed by atoms with Crippen molar-refractivity contribution in [1.29, 1.82) is 0 Å². The normalized spacial score (nSPS) is 16.1. The van der Waals surface area contributed by atoms with Crippen molar-refractivity contribution < 1.29 is 9.90 Å². The summed E-state index contributed by atoms with van der Waals surface area (Å²) < 4.78 is 0.884. The zero-order chi connectivity index (χ0) is 10.8. The maximum absolute atomic E-state index is 10.7. The second-order valence-corrected chi connectivity index (χ2v) is 4.60. The molecule has 2 rings (SSSR count). The van der Waals surface area contributed by atoms with E-state index in [9.17, 15) is 4.79 Å². The molecule has 1 aromatic carbocycles. The first-order valence-corrected chi connectivity index (χ1v) is 5.70. The van der Waals surface area contributed by atoms with Gasteiger partial charge >= 0.3 is 5.97 Å². The highest BCUT2D eigenvalue weighted by molar-refractivity contribution is 9.10. The Kier molecular flexibility index (Phi) is 3.07. The third-order valence-corrected chi connectivity index (χ3v) is 3.38. The van der Waals surface area contributed by atoms with Crippen molar-refractivity contribution in [2.24, 2.45) is 0 Å². The molecule has 15 heavy (non-hydrogen) atoms. The average Bonchev–Trinajstić information content (AvgIpc) is 2.12. The zero-order valence-electron chi connectivity index (χ0n) is 8.24. The fraction of sp³-hybridized carbons (Fsp3) is 0.364. The van der Waals surface area contributed by atoms with Crippen LogP contribution in [0.15, 0.2) is 22.7 Å². The minimum absolute atomic E-state index is 0.328. The first-order chi connectivity index (χ1) is 7.16. The monoisotopic (exact) mass is 269 g/mol. The highest BCUT2D eigenvalue weighted by Crippen LogP contribution is 2.22. The predicted octanol–water partition coefficient (Wildman–Crippen LogP) is 2.35. The molecule has 0 atom stereocenters. The number of likely N-dealkylation sites (tertiary alicyclic amines) is 1. The standard InChI is InChI=1S/C11H12BrNO2/c12-10-6-8(11(14)15)2-3-9(10)7-13-4-1-5-13/h2-3,6H,1,4-5,7H2,(H,14,15). The molecule has 0 bridgehead atoms. The van der Waals surface area contributed by atoms with Gasteiger partial charge in [0.1, 0.15) is 0 Å². The van der Waals surface area contributed by atoms with Gasteiger partial charge in [0.2, 0.25) is 0 Å². The molecule has 3 nitrogen and oxygen atoms in total. The third-order valence-electron chi connectivity index (χ3n) is 2.64. The lowest BCUT2D eigenvalue weighted by atomic mass is 10.1. The Morgan fingerprint density at radius 2 is 2.20 bits per heavy atom. The summed E-state index contributed by atoms with van der Waals surface area (Å²) in [6, 6.07) is 5.20. The number of benzene rings is 1. The summed E-state index contributed by atoms with van der Waals surface area (Å²) in [7, 11) is 0. The first kappa shape index (κ1) is 10.6. The molecule has 0 amide bonds. The molecule has 0 saturated carbocycles. The summed E-state index contributed by atoms with van der Waals surface area (Å²) >= 11 is 3.41. The number of carboxylic acids is 1. The van der Waals surface area contributed by atoms with Gasteiger partial charge in [0.05, 0.1) is 5.56 Å². The van der Waals surface area contributed by atoms with E-state index in [1.54, 1.807) is 12.1 Å². The van der Waals surface area contributed by atoms with Crippen molar-refractivity contribution in [3.8, 4) is 0 Å². The van der Waals surface area contributed by atoms with Crippen molar-refractivity contribution >= 4 is 21.9 Å². The summed E-state index contributed by atoms with van der Waals surface area (Å²) in [6.07, 6.45) is 1.27. The SMILES string of the molecule is O=C(O)c1ccc(CN2CCC2)c(Br)c1. The lowest BCUT2D eigenvalue weighted by molar-refractivity contribution is 0.0697. The number of nitrogens with zero attached hydrogens (tertiary/aromatic N) is 1. The lowest BCUT2D eigenvalue weighted by Gasteiger charge is -2.31. The van der Waals surface area contributed by atoms with Crippen LogP contribution < -0.4 is 0 Å². The molecule has 0 spiro atoms. The predicted molar refractivity (Wildman–Crippen MR) is 61.0 cm³/mol. The molecule has 1 N–H and O–H groups in total. The highest BCUT2D eigenvalue weighted by Gasteiger charge is 2.15. The topological polar surface area (TPSA) is 40.5 Å². The number of hydrogen-bond acceptors (Lipinski definition) is 2. The van der Waals surface area contributed by atoms with E-state index >= 15 is 0 Å². The molecule has 0 unspecified atom stereocenters. The Labute approximate surface area is 96.8 Å². The van der Waals surface area contributed by atoms with E-state index in [2.05, 4.69) is 20.8 Å². The van der Waals surface area contributed by atoms with Gasteiger partial charge in [-0.2, -0.15) is 0 Å². The van der Waals surface area contributed by atoms with E-state index in [-0.39, 0.29) is 0 Å². The number of halogens is 1. The number of hydrogen-bond donors (Lipinski definition) is 1. The molecule has 1 saturated heterocycles. The van der Waals surface area contributed by atoms with E-state index in [1.807, 2.05) is 6.07 Å². The number of aromatic carboxylic acids is 1. The van der Waals surface area contributed by atoms with Gasteiger partial charge in [0, 0.05) is 11.0 Å². The van der Waals surface area contributed by atoms with Crippen molar-refractivity contribution in [1.82, 2.24) is 4.90 Å². The fourth-order valence-electron chi connectivity index (χ4n) is 1.59. The number of rotatable bonds is 3. The van der Waals surface area contributed by atoms with Gasteiger partial charge in [0.15, 0.2) is 0 Å². The van der Waals surface area contributed by atoms with Crippen LogP contribution in [0.25, 0.3) is 0 Å². The fourth-order valence-corrected chi connectivity index (χ4v) is 2.09. The van der Waals surface area contributed by atoms with Gasteiger partial charge in [-0.3, -0.25) is 4.90 Å². The van der Waals surface area contributed by atoms with Crippen LogP contribution in [0.2, 0.25) is 0 Å². The van der Waals surface area contributed by atoms with Crippen LogP contribution in [0.4, 0.5) is 0 Å². The Hall–Kier alpha value is -0.870. The van der Waals surface area contributed by atoms with Crippen LogP contribution in [0.3, 0.4) is 0 Å². The van der Waals surface area contributed by atoms with Crippen molar-refractivity contribution in [2.75, 3.05) is 13.1 Å². The molecule has 1 aromatic rings. The van der Waals surface area contributed by atoms with Crippen LogP contribution in [0, 0.1) is 0 Å². The van der Waals surface area contributed by atoms with Crippen molar-refractivity contribution in [3.05, 3.63) is 33.8 Å². The van der Waals surface area contributed by atoms with Gasteiger partial charge in [-0.25, -0.2) is 4.79 Å². The molecule has 4 heteroatoms. The van der Waals surface area contributed by atoms with Crippen LogP contribution in [0.5, 0.6) is 0 Å². The van der Waals surface area contributed by atoms with Crippen LogP contribution in [-0.4, -0.2) is 29.1 Å². The zero-order valence-corrected chi connectivity index (χ0v) is 9.83. The van der Waals surface area contributed by atoms with Crippen molar-refractivity contribution in [2.45, 2.75) is 13.0 Å². The largest absolute Gasteiger partial charge is 0.478 e. The summed E-state index contributed by atoms with van der Waals surface area (Å²) in [4.78, 5) is 13.1. The summed E-state index contributed by atoms with van der Waals surface area (Å²) in [5.74, 6) is -0.883. The van der Waals surface area contributed by atoms with E-state index in [0.717, 1.165) is 29.7 Å². The molecule has 1 aliphatic rings. The quantitative estimate of drug-likeness (QED) is 0.916. The van der Waals surface area contributed by atoms with Crippen molar-refractivity contribution in [3.63, 3.8) is 0 Å². The van der Waals surface area contributed by atoms with Crippen LogP contribution >= 0.6 is 15.9 Å². The van der Waals surface area contributed by atoms with Crippen LogP contribution in [0.1, 0.15) is 22.3 Å². The molecule has 80 valence electrons. The Morgan fingerprint density at radius 3 is 2.67 bits per heavy atom. The Morgan fingerprint density at radius 1 is 1.47 bits per heavy atom. The third kappa shape index (κ3) is 2.38. The molecule has 1 aliphatic heterocycles. The first-order valence-electron chi connectivity index (χ1n) is 4.91. The van der Waals surface area contributed by atoms with Gasteiger partial charge in [0.25, 0.3) is 0 Å². The molecule has 1 heterocycles. The molecule has 1 fully saturated rings. The number of carbonyl (C=O) groups is 1. The second kappa shape index (κ2) is 4.33. The van der Waals surface area contributed by atoms with E-state index < -0.39 is 5.97 Å². The van der Waals surface area contributed by atoms with E-state index in [0.29, 0.717) is 5.56 Å². The summed E-state index contributed by atoms with van der Waals surface area (Å²) in [5, 5.41) is 8.81. The smallest absolute Gasteiger partial charge is 0.335 e. The molecular weight excluding hydrogens is 258 g/mol. The lowest BCUT2D eigenvalue weighted by Crippen LogP contribution is -2.36. The molecule has 0 aromatic heterocycles. The van der Waals surface area contributed by atoms with Gasteiger partial charge in [-0.05, 0) is 37.2 Å². The minimum atomic E-state index is -0.883. The van der Waals surface area contributed by atoms with E-state index in [4.69, 9.17) is 5.11 Å². The maximum Gasteiger partial charge on any atom is 0.335 e. The van der Waals surface area contributed by atoms with Gasteiger partial charge in [-0.1, -0.05) is 22.0 Å². The molecular formula is C11H12BrNO2. The maximum atomic E-state index is 10.7. The van der Waals surface area contributed by atoms with Gasteiger partial charge in [-0.15, -0.1) is 0 Å². The number of carboxylic acid groups (broad SMARTS) is 1. The molecule has 0 aliphatic carbocycles. The van der Waals surface area contributed by atoms with Crippen LogP contribution in [-0.2, 0) is 6.54 Å². The summed E-state index contributed by atoms with van der Waals surface area (Å²) in [5.41, 5.74) is 1.48. The van der Waals surface area contributed by atoms with Gasteiger partial charge < -0.3 is 5.11 Å². The van der Waals surface area contributed by atoms with E-state index in [1.165, 1.54) is 6.42 Å². The highest BCUT2D eigenvalue weighted by atomic mass is 79.9. The Bertz CT molecular complexity index is 388. The average molecular weight is 270 g/mol. The molecule has 0 radical (unpaired) electrons.